The molecule has 1 aromatic rings. The van der Waals surface area contributed by atoms with Crippen LogP contribution in [0, 0.1) is 18.0 Å². The fourth-order valence-corrected chi connectivity index (χ4v) is 3.28. The first-order valence-corrected chi connectivity index (χ1v) is 9.34. The smallest absolute Gasteiger partial charge is 0.0290 e. The van der Waals surface area contributed by atoms with Crippen LogP contribution in [0.15, 0.2) is 30.3 Å². The van der Waals surface area contributed by atoms with Gasteiger partial charge < -0.3 is 4.90 Å². The molecule has 1 aromatic carbocycles. The van der Waals surface area contributed by atoms with E-state index in [-0.39, 0.29) is 0 Å². The molecule has 0 amide bonds. The molecule has 2 heteroatoms. The van der Waals surface area contributed by atoms with Crippen molar-refractivity contribution in [1.82, 2.24) is 4.90 Å². The molecule has 0 spiro atoms. The molecule has 17 heavy (non-hydrogen) atoms. The van der Waals surface area contributed by atoms with Gasteiger partial charge in [0.05, 0.1) is 0 Å². The zero-order valence-electron chi connectivity index (χ0n) is 11.3. The number of benzene rings is 1. The number of hydrogen-bond acceptors (Lipinski definition) is 1. The Labute approximate surface area is 107 Å². The standard InChI is InChI=1S/C15H22NSi/c1-5-16(6-2)13-10-14-17(3,4)15-11-8-7-9-12-15/h7-9,11-12,14H,5-6H2,1-4H3/q-1. The molecule has 0 radical (unpaired) electrons. The van der Waals surface area contributed by atoms with Gasteiger partial charge >= 0.3 is 0 Å². The zero-order valence-corrected chi connectivity index (χ0v) is 12.3. The summed E-state index contributed by atoms with van der Waals surface area (Å²) in [5.41, 5.74) is 0. The molecule has 0 saturated heterocycles. The molecule has 0 heterocycles. The van der Waals surface area contributed by atoms with Crippen LogP contribution in [0.25, 0.3) is 0 Å². The van der Waals surface area contributed by atoms with E-state index in [4.69, 9.17) is 0 Å². The fraction of sp³-hybridized carbons (Fsp3) is 0.400. The van der Waals surface area contributed by atoms with Gasteiger partial charge in [0.2, 0.25) is 0 Å². The second kappa shape index (κ2) is 6.41. The SMILES string of the molecule is CCN(C#C[CH-][Si](C)(C)c1ccccc1)CC. The van der Waals surface area contributed by atoms with Crippen molar-refractivity contribution in [1.29, 1.82) is 0 Å². The van der Waals surface area contributed by atoms with Crippen LogP contribution in [0.3, 0.4) is 0 Å². The molecule has 0 aromatic heterocycles. The Morgan fingerprint density at radius 1 is 1.12 bits per heavy atom. The Kier molecular flexibility index (Phi) is 5.18. The van der Waals surface area contributed by atoms with Crippen molar-refractivity contribution >= 4 is 13.3 Å². The van der Waals surface area contributed by atoms with Crippen LogP contribution in [0.5, 0.6) is 0 Å². The summed E-state index contributed by atoms with van der Waals surface area (Å²) in [6.07, 6.45) is 0. The number of nitrogens with zero attached hydrogens (tertiary/aromatic N) is 1. The Bertz CT molecular complexity index is 382. The van der Waals surface area contributed by atoms with Crippen molar-refractivity contribution in [3.05, 3.63) is 36.4 Å². The lowest BCUT2D eigenvalue weighted by atomic mass is 10.4. The number of hydrogen-bond donors (Lipinski definition) is 0. The monoisotopic (exact) mass is 244 g/mol. The summed E-state index contributed by atoms with van der Waals surface area (Å²) >= 11 is 0. The summed E-state index contributed by atoms with van der Waals surface area (Å²) < 4.78 is 0. The molecule has 92 valence electrons. The van der Waals surface area contributed by atoms with E-state index in [2.05, 4.69) is 80.2 Å². The maximum Gasteiger partial charge on any atom is 0.0290 e. The van der Waals surface area contributed by atoms with Crippen molar-refractivity contribution in [3.8, 4) is 12.0 Å². The third-order valence-corrected chi connectivity index (χ3v) is 5.62. The third kappa shape index (κ3) is 4.20. The second-order valence-corrected chi connectivity index (χ2v) is 8.97. The highest BCUT2D eigenvalue weighted by Gasteiger charge is 2.15. The van der Waals surface area contributed by atoms with Gasteiger partial charge in [-0.25, -0.2) is 6.04 Å². The van der Waals surface area contributed by atoms with Gasteiger partial charge in [-0.05, 0) is 13.8 Å². The minimum absolute atomic E-state index is 0.991. The van der Waals surface area contributed by atoms with E-state index in [0.717, 1.165) is 13.1 Å². The Morgan fingerprint density at radius 2 is 1.71 bits per heavy atom. The predicted molar refractivity (Wildman–Crippen MR) is 78.6 cm³/mol. The van der Waals surface area contributed by atoms with Gasteiger partial charge in [0.15, 0.2) is 0 Å². The lowest BCUT2D eigenvalue weighted by molar-refractivity contribution is 0.444. The molecule has 0 aliphatic heterocycles. The molecule has 0 aliphatic rings. The van der Waals surface area contributed by atoms with Gasteiger partial charge in [0.1, 0.15) is 0 Å². The zero-order chi connectivity index (χ0) is 12.7. The van der Waals surface area contributed by atoms with Crippen molar-refractivity contribution < 1.29 is 0 Å². The van der Waals surface area contributed by atoms with E-state index >= 15 is 0 Å². The molecule has 0 fully saturated rings. The minimum Gasteiger partial charge on any atom is -0.422 e. The van der Waals surface area contributed by atoms with E-state index in [0.29, 0.717) is 0 Å². The van der Waals surface area contributed by atoms with Gasteiger partial charge in [-0.3, -0.25) is 5.92 Å². The first-order chi connectivity index (χ1) is 8.10. The first kappa shape index (κ1) is 13.7. The Hall–Kier alpha value is -1.33. The highest BCUT2D eigenvalue weighted by atomic mass is 28.3. The average molecular weight is 244 g/mol. The van der Waals surface area contributed by atoms with Crippen molar-refractivity contribution in [2.45, 2.75) is 26.9 Å². The maximum atomic E-state index is 3.24. The quantitative estimate of drug-likeness (QED) is 0.341. The van der Waals surface area contributed by atoms with Gasteiger partial charge in [-0.15, -0.1) is 0 Å². The molecular formula is C15H22NSi-. The van der Waals surface area contributed by atoms with Crippen LogP contribution in [0.2, 0.25) is 13.1 Å². The minimum atomic E-state index is -1.50. The van der Waals surface area contributed by atoms with E-state index in [1.54, 1.807) is 0 Å². The number of rotatable bonds is 4. The topological polar surface area (TPSA) is 3.24 Å². The fourth-order valence-electron chi connectivity index (χ4n) is 1.64. The van der Waals surface area contributed by atoms with Gasteiger partial charge in [-0.2, -0.15) is 6.04 Å². The predicted octanol–water partition coefficient (Wildman–Crippen LogP) is 2.65. The Balaban J connectivity index is 2.68. The van der Waals surface area contributed by atoms with E-state index in [1.807, 2.05) is 0 Å². The summed E-state index contributed by atoms with van der Waals surface area (Å²) in [6, 6.07) is 16.1. The van der Waals surface area contributed by atoms with Crippen LogP contribution >= 0.6 is 0 Å². The van der Waals surface area contributed by atoms with Gasteiger partial charge in [0.25, 0.3) is 0 Å². The average Bonchev–Trinajstić information content (AvgIpc) is 2.36. The maximum absolute atomic E-state index is 3.24. The molecule has 0 N–H and O–H groups in total. The van der Waals surface area contributed by atoms with Crippen LogP contribution < -0.4 is 5.19 Å². The van der Waals surface area contributed by atoms with Crippen LogP contribution in [0.4, 0.5) is 0 Å². The summed E-state index contributed by atoms with van der Waals surface area (Å²) in [4.78, 5) is 2.13. The molecule has 1 nitrogen and oxygen atoms in total. The third-order valence-electron chi connectivity index (χ3n) is 2.94. The molecule has 0 aliphatic carbocycles. The summed E-state index contributed by atoms with van der Waals surface area (Å²) in [7, 11) is -1.50. The van der Waals surface area contributed by atoms with Gasteiger partial charge in [-0.1, -0.05) is 48.6 Å². The van der Waals surface area contributed by atoms with Crippen molar-refractivity contribution in [3.63, 3.8) is 0 Å². The summed E-state index contributed by atoms with van der Waals surface area (Å²) in [6.45, 7) is 10.9. The molecule has 0 bridgehead atoms. The summed E-state index contributed by atoms with van der Waals surface area (Å²) in [5, 5.41) is 1.44. The summed E-state index contributed by atoms with van der Waals surface area (Å²) in [5.74, 6) is 3.24. The van der Waals surface area contributed by atoms with Crippen LogP contribution in [0.1, 0.15) is 13.8 Å². The van der Waals surface area contributed by atoms with Crippen molar-refractivity contribution in [2.75, 3.05) is 13.1 Å². The largest absolute Gasteiger partial charge is 0.422 e. The van der Waals surface area contributed by atoms with E-state index in [9.17, 15) is 0 Å². The lowest BCUT2D eigenvalue weighted by Gasteiger charge is -2.27. The lowest BCUT2D eigenvalue weighted by Crippen LogP contribution is -2.41. The second-order valence-electron chi connectivity index (χ2n) is 4.66. The molecular weight excluding hydrogens is 222 g/mol. The highest BCUT2D eigenvalue weighted by molar-refractivity contribution is 6.93. The first-order valence-electron chi connectivity index (χ1n) is 6.26. The highest BCUT2D eigenvalue weighted by Crippen LogP contribution is 2.06. The molecule has 0 atom stereocenters. The van der Waals surface area contributed by atoms with E-state index in [1.165, 1.54) is 5.19 Å². The molecule has 0 saturated carbocycles. The van der Waals surface area contributed by atoms with Crippen LogP contribution in [-0.4, -0.2) is 26.1 Å². The van der Waals surface area contributed by atoms with Crippen LogP contribution in [-0.2, 0) is 0 Å². The van der Waals surface area contributed by atoms with Crippen molar-refractivity contribution in [2.24, 2.45) is 0 Å². The van der Waals surface area contributed by atoms with E-state index < -0.39 is 8.07 Å². The molecule has 0 unspecified atom stereocenters. The molecule has 1 rings (SSSR count). The normalized spacial score (nSPS) is 10.4. The van der Waals surface area contributed by atoms with Gasteiger partial charge in [0, 0.05) is 21.2 Å². The Morgan fingerprint density at radius 3 is 2.24 bits per heavy atom.